The second-order valence-corrected chi connectivity index (χ2v) is 7.85. The number of sulfonamides is 1. The SMILES string of the molecule is CC(=O)NN=Cc1ccc2cccc(NS(=O)(=O)c3ccc(C(F)(F)F)cc3)c2n1. The number of para-hydroxylation sites is 1. The van der Waals surface area contributed by atoms with E-state index in [0.29, 0.717) is 28.7 Å². The molecule has 0 unspecified atom stereocenters. The minimum absolute atomic E-state index is 0.141. The van der Waals surface area contributed by atoms with E-state index in [1.54, 1.807) is 24.3 Å². The second-order valence-electron chi connectivity index (χ2n) is 6.17. The van der Waals surface area contributed by atoms with Gasteiger partial charge in [0.1, 0.15) is 0 Å². The van der Waals surface area contributed by atoms with E-state index in [-0.39, 0.29) is 16.5 Å². The van der Waals surface area contributed by atoms with Crippen LogP contribution in [0.3, 0.4) is 0 Å². The van der Waals surface area contributed by atoms with Crippen LogP contribution in [0, 0.1) is 0 Å². The minimum atomic E-state index is -4.57. The Morgan fingerprint density at radius 2 is 1.77 bits per heavy atom. The largest absolute Gasteiger partial charge is 0.416 e. The third-order valence-corrected chi connectivity index (χ3v) is 5.28. The van der Waals surface area contributed by atoms with Gasteiger partial charge >= 0.3 is 6.18 Å². The second kappa shape index (κ2) is 8.11. The van der Waals surface area contributed by atoms with Crippen LogP contribution in [-0.4, -0.2) is 25.5 Å². The zero-order valence-electron chi connectivity index (χ0n) is 15.4. The fourth-order valence-electron chi connectivity index (χ4n) is 2.53. The number of hydrogen-bond donors (Lipinski definition) is 2. The van der Waals surface area contributed by atoms with E-state index in [9.17, 15) is 26.4 Å². The Morgan fingerprint density at radius 3 is 2.40 bits per heavy atom. The summed E-state index contributed by atoms with van der Waals surface area (Å²) >= 11 is 0. The van der Waals surface area contributed by atoms with Crippen LogP contribution in [-0.2, 0) is 21.0 Å². The molecule has 156 valence electrons. The lowest BCUT2D eigenvalue weighted by atomic mass is 10.2. The molecule has 0 saturated carbocycles. The summed E-state index contributed by atoms with van der Waals surface area (Å²) in [6, 6.07) is 11.3. The molecule has 2 N–H and O–H groups in total. The molecule has 11 heteroatoms. The molecule has 0 aliphatic heterocycles. The molecule has 2 aromatic carbocycles. The molecule has 3 aromatic rings. The van der Waals surface area contributed by atoms with E-state index in [1.165, 1.54) is 19.2 Å². The van der Waals surface area contributed by atoms with Crippen molar-refractivity contribution in [3.63, 3.8) is 0 Å². The number of amides is 1. The number of aromatic nitrogens is 1. The predicted molar refractivity (Wildman–Crippen MR) is 105 cm³/mol. The van der Waals surface area contributed by atoms with Crippen molar-refractivity contribution >= 4 is 38.7 Å². The highest BCUT2D eigenvalue weighted by Crippen LogP contribution is 2.30. The number of hydrazone groups is 1. The molecule has 7 nitrogen and oxygen atoms in total. The lowest BCUT2D eigenvalue weighted by Gasteiger charge is -2.12. The molecule has 1 heterocycles. The maximum Gasteiger partial charge on any atom is 0.416 e. The quantitative estimate of drug-likeness (QED) is 0.472. The van der Waals surface area contributed by atoms with E-state index in [4.69, 9.17) is 0 Å². The van der Waals surface area contributed by atoms with Gasteiger partial charge in [-0.25, -0.2) is 18.8 Å². The summed E-state index contributed by atoms with van der Waals surface area (Å²) in [5, 5.41) is 4.33. The van der Waals surface area contributed by atoms with Gasteiger partial charge in [0.2, 0.25) is 5.91 Å². The lowest BCUT2D eigenvalue weighted by Crippen LogP contribution is -2.14. The van der Waals surface area contributed by atoms with Crippen molar-refractivity contribution in [3.8, 4) is 0 Å². The number of fused-ring (bicyclic) bond motifs is 1. The molecular weight excluding hydrogens is 421 g/mol. The van der Waals surface area contributed by atoms with E-state index in [2.05, 4.69) is 20.2 Å². The molecule has 0 saturated heterocycles. The number of carbonyl (C=O) groups is 1. The summed E-state index contributed by atoms with van der Waals surface area (Å²) in [6.07, 6.45) is -3.27. The standard InChI is InChI=1S/C19H15F3N4O3S/c1-12(27)25-23-11-15-8-5-13-3-2-4-17(18(13)24-15)26-30(28,29)16-9-6-14(7-10-16)19(20,21)22/h2-11,26H,1H3,(H,25,27). The van der Waals surface area contributed by atoms with Crippen molar-refractivity contribution in [1.29, 1.82) is 0 Å². The number of halogens is 3. The van der Waals surface area contributed by atoms with Crippen LogP contribution >= 0.6 is 0 Å². The first kappa shape index (κ1) is 21.2. The van der Waals surface area contributed by atoms with Crippen molar-refractivity contribution in [2.45, 2.75) is 18.0 Å². The summed E-state index contributed by atoms with van der Waals surface area (Å²) in [7, 11) is -4.16. The van der Waals surface area contributed by atoms with Gasteiger partial charge in [-0.2, -0.15) is 18.3 Å². The summed E-state index contributed by atoms with van der Waals surface area (Å²) in [5.74, 6) is -0.364. The zero-order chi connectivity index (χ0) is 21.9. The van der Waals surface area contributed by atoms with Gasteiger partial charge < -0.3 is 0 Å². The van der Waals surface area contributed by atoms with Crippen LogP contribution in [0.25, 0.3) is 10.9 Å². The zero-order valence-corrected chi connectivity index (χ0v) is 16.3. The molecular formula is C19H15F3N4O3S. The topological polar surface area (TPSA) is 101 Å². The molecule has 0 aliphatic rings. The normalized spacial score (nSPS) is 12.3. The number of carbonyl (C=O) groups excluding carboxylic acids is 1. The third kappa shape index (κ3) is 4.92. The fourth-order valence-corrected chi connectivity index (χ4v) is 3.60. The van der Waals surface area contributed by atoms with Gasteiger partial charge in [-0.05, 0) is 36.4 Å². The van der Waals surface area contributed by atoms with Gasteiger partial charge in [0.05, 0.1) is 33.6 Å². The molecule has 0 bridgehead atoms. The molecule has 1 aromatic heterocycles. The van der Waals surface area contributed by atoms with Crippen molar-refractivity contribution in [1.82, 2.24) is 10.4 Å². The average molecular weight is 436 g/mol. The summed E-state index contributed by atoms with van der Waals surface area (Å²) in [5.41, 5.74) is 2.09. The number of nitrogens with zero attached hydrogens (tertiary/aromatic N) is 2. The highest BCUT2D eigenvalue weighted by molar-refractivity contribution is 7.92. The lowest BCUT2D eigenvalue weighted by molar-refractivity contribution is -0.137. The number of pyridine rings is 1. The maximum atomic E-state index is 12.7. The molecule has 0 atom stereocenters. The number of rotatable bonds is 5. The van der Waals surface area contributed by atoms with Crippen molar-refractivity contribution < 1.29 is 26.4 Å². The Bertz CT molecular complexity index is 1220. The van der Waals surface area contributed by atoms with Crippen LogP contribution in [0.5, 0.6) is 0 Å². The Labute approximate surface area is 169 Å². The molecule has 3 rings (SSSR count). The molecule has 1 amide bonds. The van der Waals surface area contributed by atoms with Crippen LogP contribution in [0.1, 0.15) is 18.2 Å². The van der Waals surface area contributed by atoms with Crippen molar-refractivity contribution in [3.05, 3.63) is 65.9 Å². The smallest absolute Gasteiger partial charge is 0.277 e. The van der Waals surface area contributed by atoms with Crippen molar-refractivity contribution in [2.24, 2.45) is 5.10 Å². The van der Waals surface area contributed by atoms with Crippen LogP contribution in [0.4, 0.5) is 18.9 Å². The Balaban J connectivity index is 1.94. The summed E-state index contributed by atoms with van der Waals surface area (Å²) < 4.78 is 65.7. The first-order valence-corrected chi connectivity index (χ1v) is 9.94. The monoisotopic (exact) mass is 436 g/mol. The van der Waals surface area contributed by atoms with E-state index in [1.807, 2.05) is 0 Å². The highest BCUT2D eigenvalue weighted by Gasteiger charge is 2.30. The molecule has 0 spiro atoms. The molecule has 0 aliphatic carbocycles. The van der Waals surface area contributed by atoms with E-state index < -0.39 is 21.8 Å². The van der Waals surface area contributed by atoms with Gasteiger partial charge in [0.15, 0.2) is 0 Å². The Morgan fingerprint density at radius 1 is 1.07 bits per heavy atom. The summed E-state index contributed by atoms with van der Waals surface area (Å²) in [6.45, 7) is 1.29. The van der Waals surface area contributed by atoms with E-state index in [0.717, 1.165) is 12.1 Å². The van der Waals surface area contributed by atoms with E-state index >= 15 is 0 Å². The van der Waals surface area contributed by atoms with Gasteiger partial charge in [-0.15, -0.1) is 0 Å². The fraction of sp³-hybridized carbons (Fsp3) is 0.105. The van der Waals surface area contributed by atoms with Gasteiger partial charge in [0.25, 0.3) is 10.0 Å². The number of hydrogen-bond acceptors (Lipinski definition) is 5. The summed E-state index contributed by atoms with van der Waals surface area (Å²) in [4.78, 5) is 14.9. The molecule has 0 fully saturated rings. The predicted octanol–water partition coefficient (Wildman–Crippen LogP) is 3.52. The number of alkyl halides is 3. The number of anilines is 1. The van der Waals surface area contributed by atoms with Crippen LogP contribution in [0.2, 0.25) is 0 Å². The first-order chi connectivity index (χ1) is 14.1. The van der Waals surface area contributed by atoms with Gasteiger partial charge in [0, 0.05) is 12.3 Å². The maximum absolute atomic E-state index is 12.7. The average Bonchev–Trinajstić information content (AvgIpc) is 2.67. The van der Waals surface area contributed by atoms with Crippen LogP contribution in [0.15, 0.2) is 64.6 Å². The Hall–Kier alpha value is -3.47. The number of benzene rings is 2. The number of nitrogens with one attached hydrogen (secondary N) is 2. The van der Waals surface area contributed by atoms with Crippen LogP contribution < -0.4 is 10.1 Å². The minimum Gasteiger partial charge on any atom is -0.277 e. The van der Waals surface area contributed by atoms with Gasteiger partial charge in [-0.1, -0.05) is 18.2 Å². The molecule has 0 radical (unpaired) electrons. The Kier molecular flexibility index (Phi) is 5.74. The third-order valence-electron chi connectivity index (χ3n) is 3.90. The molecule has 30 heavy (non-hydrogen) atoms. The van der Waals surface area contributed by atoms with Gasteiger partial charge in [-0.3, -0.25) is 9.52 Å². The first-order valence-electron chi connectivity index (χ1n) is 8.46. The highest BCUT2D eigenvalue weighted by atomic mass is 32.2. The van der Waals surface area contributed by atoms with Crippen molar-refractivity contribution in [2.75, 3.05) is 4.72 Å².